The molecule has 2 aliphatic rings. The Balaban J connectivity index is 1.58. The normalized spacial score (nSPS) is 22.9. The van der Waals surface area contributed by atoms with Crippen LogP contribution >= 0.6 is 0 Å². The lowest BCUT2D eigenvalue weighted by Crippen LogP contribution is -2.53. The van der Waals surface area contributed by atoms with Crippen molar-refractivity contribution in [3.63, 3.8) is 0 Å². The number of aromatic nitrogens is 1. The molecule has 10 nitrogen and oxygen atoms in total. The molecule has 4 amide bonds. The van der Waals surface area contributed by atoms with Crippen LogP contribution in [0, 0.1) is 17.3 Å². The number of ether oxygens (including phenoxy) is 1. The third-order valence-electron chi connectivity index (χ3n) is 7.51. The third kappa shape index (κ3) is 5.03. The highest BCUT2D eigenvalue weighted by molar-refractivity contribution is 6.02. The van der Waals surface area contributed by atoms with E-state index in [1.807, 2.05) is 18.2 Å². The van der Waals surface area contributed by atoms with Gasteiger partial charge in [-0.3, -0.25) is 19.2 Å². The first-order chi connectivity index (χ1) is 17.0. The first-order valence-corrected chi connectivity index (χ1v) is 12.3. The zero-order valence-electron chi connectivity index (χ0n) is 21.2. The molecule has 2 fully saturated rings. The van der Waals surface area contributed by atoms with Crippen LogP contribution in [0.2, 0.25) is 0 Å². The van der Waals surface area contributed by atoms with Crippen LogP contribution in [0.5, 0.6) is 5.75 Å². The molecule has 0 spiro atoms. The number of primary amides is 1. The van der Waals surface area contributed by atoms with Gasteiger partial charge in [0.15, 0.2) is 0 Å². The summed E-state index contributed by atoms with van der Waals surface area (Å²) < 4.78 is 5.41. The van der Waals surface area contributed by atoms with Crippen molar-refractivity contribution in [2.45, 2.75) is 52.1 Å². The number of carbonyl (C=O) groups is 4. The molecular formula is C26H35N5O5. The van der Waals surface area contributed by atoms with Gasteiger partial charge in [-0.25, -0.2) is 0 Å². The number of benzene rings is 1. The molecule has 0 aliphatic carbocycles. The van der Waals surface area contributed by atoms with Crippen molar-refractivity contribution in [3.05, 3.63) is 30.0 Å². The Morgan fingerprint density at radius 3 is 2.64 bits per heavy atom. The zero-order chi connectivity index (χ0) is 26.2. The lowest BCUT2D eigenvalue weighted by Gasteiger charge is -2.27. The number of nitrogens with zero attached hydrogens (tertiary/aromatic N) is 1. The number of H-pyrrole nitrogens is 1. The maximum absolute atomic E-state index is 13.7. The standard InChI is InChI=1S/C26H35N5O5/c1-26(2,3)15-11-20(24(34)30-18(22(27)32)10-14-8-9-28-23(14)33)31(13-15)25(35)19-12-16-17(29-19)6-5-7-21(16)36-4/h5-7,12,14-15,18,20,29H,8-11,13H2,1-4H3,(H2,27,32)(H,28,33)(H,30,34)/t14-,15+,18-,20-/m0/s1. The molecular weight excluding hydrogens is 462 g/mol. The Morgan fingerprint density at radius 1 is 1.28 bits per heavy atom. The second kappa shape index (κ2) is 9.83. The van der Waals surface area contributed by atoms with E-state index in [4.69, 9.17) is 10.5 Å². The number of aromatic amines is 1. The Kier molecular flexibility index (Phi) is 6.97. The number of rotatable bonds is 7. The lowest BCUT2D eigenvalue weighted by molar-refractivity contribution is -0.131. The molecule has 0 saturated carbocycles. The molecule has 0 radical (unpaired) electrons. The molecule has 4 atom stereocenters. The van der Waals surface area contributed by atoms with E-state index in [1.165, 1.54) is 0 Å². The number of hydrogen-bond acceptors (Lipinski definition) is 5. The van der Waals surface area contributed by atoms with E-state index in [-0.39, 0.29) is 35.5 Å². The minimum Gasteiger partial charge on any atom is -0.496 e. The maximum atomic E-state index is 13.7. The Bertz CT molecular complexity index is 1180. The fourth-order valence-electron chi connectivity index (χ4n) is 5.18. The number of carbonyl (C=O) groups excluding carboxylic acids is 4. The van der Waals surface area contributed by atoms with Crippen LogP contribution in [0.15, 0.2) is 24.3 Å². The van der Waals surface area contributed by atoms with E-state index in [1.54, 1.807) is 18.1 Å². The minimum atomic E-state index is -0.991. The second-order valence-electron chi connectivity index (χ2n) is 10.9. The number of nitrogens with two attached hydrogens (primary N) is 1. The zero-order valence-corrected chi connectivity index (χ0v) is 21.2. The van der Waals surface area contributed by atoms with Gasteiger partial charge < -0.3 is 31.0 Å². The van der Waals surface area contributed by atoms with Crippen LogP contribution in [0.1, 0.15) is 50.5 Å². The molecule has 10 heteroatoms. The largest absolute Gasteiger partial charge is 0.496 e. The summed E-state index contributed by atoms with van der Waals surface area (Å²) >= 11 is 0. The van der Waals surface area contributed by atoms with Crippen LogP contribution in [-0.4, -0.2) is 65.8 Å². The number of amides is 4. The van der Waals surface area contributed by atoms with Gasteiger partial charge in [0.1, 0.15) is 23.5 Å². The summed E-state index contributed by atoms with van der Waals surface area (Å²) in [5.41, 5.74) is 6.56. The van der Waals surface area contributed by atoms with Crippen molar-refractivity contribution in [1.82, 2.24) is 20.5 Å². The number of nitrogens with one attached hydrogen (secondary N) is 3. The van der Waals surface area contributed by atoms with Gasteiger partial charge in [0.2, 0.25) is 17.7 Å². The number of methoxy groups -OCH3 is 1. The van der Waals surface area contributed by atoms with Gasteiger partial charge in [-0.1, -0.05) is 26.8 Å². The van der Waals surface area contributed by atoms with Gasteiger partial charge in [0.05, 0.1) is 7.11 Å². The Morgan fingerprint density at radius 2 is 2.03 bits per heavy atom. The molecule has 2 aliphatic heterocycles. The van der Waals surface area contributed by atoms with E-state index in [0.29, 0.717) is 37.4 Å². The van der Waals surface area contributed by atoms with Crippen molar-refractivity contribution < 1.29 is 23.9 Å². The van der Waals surface area contributed by atoms with Crippen molar-refractivity contribution >= 4 is 34.5 Å². The predicted octanol–water partition coefficient (Wildman–Crippen LogP) is 1.55. The average molecular weight is 498 g/mol. The predicted molar refractivity (Wildman–Crippen MR) is 134 cm³/mol. The molecule has 1 aromatic heterocycles. The molecule has 36 heavy (non-hydrogen) atoms. The van der Waals surface area contributed by atoms with Gasteiger partial charge in [-0.05, 0) is 48.8 Å². The summed E-state index contributed by atoms with van der Waals surface area (Å²) in [6, 6.07) is 5.49. The summed E-state index contributed by atoms with van der Waals surface area (Å²) in [5, 5.41) is 6.25. The van der Waals surface area contributed by atoms with E-state index in [2.05, 4.69) is 36.4 Å². The fraction of sp³-hybridized carbons (Fsp3) is 0.538. The smallest absolute Gasteiger partial charge is 0.270 e. The van der Waals surface area contributed by atoms with Gasteiger partial charge >= 0.3 is 0 Å². The summed E-state index contributed by atoms with van der Waals surface area (Å²) in [6.07, 6.45) is 1.18. The van der Waals surface area contributed by atoms with Crippen molar-refractivity contribution in [1.29, 1.82) is 0 Å². The number of fused-ring (bicyclic) bond motifs is 1. The second-order valence-corrected chi connectivity index (χ2v) is 10.9. The Labute approximate surface area is 210 Å². The number of likely N-dealkylation sites (tertiary alicyclic amines) is 1. The van der Waals surface area contributed by atoms with Crippen LogP contribution in [-0.2, 0) is 14.4 Å². The molecule has 2 saturated heterocycles. The molecule has 5 N–H and O–H groups in total. The van der Waals surface area contributed by atoms with Gasteiger partial charge in [-0.15, -0.1) is 0 Å². The summed E-state index contributed by atoms with van der Waals surface area (Å²) in [7, 11) is 1.57. The fourth-order valence-corrected chi connectivity index (χ4v) is 5.18. The minimum absolute atomic E-state index is 0.0729. The van der Waals surface area contributed by atoms with Gasteiger partial charge in [0.25, 0.3) is 5.91 Å². The van der Waals surface area contributed by atoms with E-state index in [9.17, 15) is 19.2 Å². The van der Waals surface area contributed by atoms with Gasteiger partial charge in [-0.2, -0.15) is 0 Å². The molecule has 3 heterocycles. The van der Waals surface area contributed by atoms with Crippen molar-refractivity contribution in [3.8, 4) is 5.75 Å². The quantitative estimate of drug-likeness (QED) is 0.458. The highest BCUT2D eigenvalue weighted by Gasteiger charge is 2.45. The summed E-state index contributed by atoms with van der Waals surface area (Å²) in [6.45, 7) is 7.19. The van der Waals surface area contributed by atoms with Crippen molar-refractivity contribution in [2.75, 3.05) is 20.2 Å². The van der Waals surface area contributed by atoms with Crippen LogP contribution in [0.3, 0.4) is 0 Å². The topological polar surface area (TPSA) is 147 Å². The highest BCUT2D eigenvalue weighted by Crippen LogP contribution is 2.38. The van der Waals surface area contributed by atoms with Gasteiger partial charge in [0, 0.05) is 29.9 Å². The van der Waals surface area contributed by atoms with Crippen molar-refractivity contribution in [2.24, 2.45) is 23.0 Å². The molecule has 1 aromatic carbocycles. The number of hydrogen-bond donors (Lipinski definition) is 4. The summed E-state index contributed by atoms with van der Waals surface area (Å²) in [5.74, 6) is -1.25. The molecule has 0 bridgehead atoms. The monoisotopic (exact) mass is 497 g/mol. The SMILES string of the molecule is COc1cccc2[nH]c(C(=O)N3C[C@H](C(C)(C)C)C[C@H]3C(=O)N[C@@H](C[C@@H]3CCNC3=O)C(N)=O)cc12. The Hall–Kier alpha value is -3.56. The summed E-state index contributed by atoms with van der Waals surface area (Å²) in [4.78, 5) is 56.0. The van der Waals surface area contributed by atoms with E-state index >= 15 is 0 Å². The average Bonchev–Trinajstić information content (AvgIpc) is 3.55. The van der Waals surface area contributed by atoms with E-state index in [0.717, 1.165) is 10.9 Å². The molecule has 0 unspecified atom stereocenters. The molecule has 194 valence electrons. The van der Waals surface area contributed by atoms with Crippen LogP contribution in [0.4, 0.5) is 0 Å². The van der Waals surface area contributed by atoms with Crippen LogP contribution < -0.4 is 21.1 Å². The molecule has 4 rings (SSSR count). The highest BCUT2D eigenvalue weighted by atomic mass is 16.5. The third-order valence-corrected chi connectivity index (χ3v) is 7.51. The lowest BCUT2D eigenvalue weighted by atomic mass is 9.79. The van der Waals surface area contributed by atoms with E-state index < -0.39 is 23.9 Å². The first kappa shape index (κ1) is 25.5. The van der Waals surface area contributed by atoms with Crippen LogP contribution in [0.25, 0.3) is 10.9 Å². The maximum Gasteiger partial charge on any atom is 0.270 e. The first-order valence-electron chi connectivity index (χ1n) is 12.3. The molecule has 2 aromatic rings.